The van der Waals surface area contributed by atoms with Crippen molar-refractivity contribution in [2.24, 2.45) is 0 Å². The molecule has 0 amide bonds. The molecule has 1 fully saturated rings. The number of hydrogen-bond donors (Lipinski definition) is 0. The molecule has 1 aromatic heterocycles. The highest BCUT2D eigenvalue weighted by Crippen LogP contribution is 2.29. The molecular formula is C20H21N3O. The number of aromatic nitrogens is 2. The van der Waals surface area contributed by atoms with E-state index in [4.69, 9.17) is 9.72 Å². The lowest BCUT2D eigenvalue weighted by Gasteiger charge is -2.28. The predicted octanol–water partition coefficient (Wildman–Crippen LogP) is 3.67. The number of aryl methyl sites for hydroxylation is 1. The number of hydrogen-bond acceptors (Lipinski definition) is 4. The van der Waals surface area contributed by atoms with Crippen LogP contribution in [0.1, 0.15) is 17.8 Å². The maximum absolute atomic E-state index is 5.47. The first-order valence-electron chi connectivity index (χ1n) is 8.45. The summed E-state index contributed by atoms with van der Waals surface area (Å²) >= 11 is 0. The molecule has 2 aromatic rings. The molecule has 0 saturated carbocycles. The summed E-state index contributed by atoms with van der Waals surface area (Å²) in [4.78, 5) is 11.7. The van der Waals surface area contributed by atoms with Gasteiger partial charge in [-0.05, 0) is 36.6 Å². The summed E-state index contributed by atoms with van der Waals surface area (Å²) in [5, 5.41) is 1.12. The van der Waals surface area contributed by atoms with Crippen LogP contribution in [-0.2, 0) is 4.74 Å². The number of fused-ring (bicyclic) bond motifs is 1. The number of benzene rings is 1. The van der Waals surface area contributed by atoms with Crippen molar-refractivity contribution in [3.05, 3.63) is 60.0 Å². The summed E-state index contributed by atoms with van der Waals surface area (Å²) in [6.45, 7) is 5.25. The van der Waals surface area contributed by atoms with Gasteiger partial charge in [-0.2, -0.15) is 0 Å². The summed E-state index contributed by atoms with van der Waals surface area (Å²) in [7, 11) is 0. The van der Waals surface area contributed by atoms with E-state index in [1.165, 1.54) is 11.1 Å². The van der Waals surface area contributed by atoms with Gasteiger partial charge in [0.1, 0.15) is 11.6 Å². The Hall–Kier alpha value is -2.46. The van der Waals surface area contributed by atoms with Crippen molar-refractivity contribution in [3.63, 3.8) is 0 Å². The minimum Gasteiger partial charge on any atom is -0.378 e. The molecule has 4 rings (SSSR count). The largest absolute Gasteiger partial charge is 0.378 e. The Balaban J connectivity index is 1.78. The van der Waals surface area contributed by atoms with Crippen LogP contribution in [0.5, 0.6) is 0 Å². The standard InChI is InChI=1S/C20H21N3O/c1-15-21-19-14-17(16-6-4-2-3-5-7-16)8-9-18(19)20(22-15)23-10-12-24-13-11-23/h2-6,8-9,14H,7,10-13H2,1H3. The molecule has 24 heavy (non-hydrogen) atoms. The quantitative estimate of drug-likeness (QED) is 0.846. The molecular weight excluding hydrogens is 298 g/mol. The van der Waals surface area contributed by atoms with Crippen LogP contribution in [0.2, 0.25) is 0 Å². The molecule has 0 unspecified atom stereocenters. The number of nitrogens with zero attached hydrogens (tertiary/aromatic N) is 3. The monoisotopic (exact) mass is 319 g/mol. The van der Waals surface area contributed by atoms with E-state index in [0.717, 1.165) is 55.3 Å². The Kier molecular flexibility index (Phi) is 4.13. The minimum atomic E-state index is 0.758. The van der Waals surface area contributed by atoms with E-state index < -0.39 is 0 Å². The number of morpholine rings is 1. The Morgan fingerprint density at radius 1 is 1.04 bits per heavy atom. The van der Waals surface area contributed by atoms with E-state index in [1.54, 1.807) is 0 Å². The van der Waals surface area contributed by atoms with Crippen LogP contribution in [0.3, 0.4) is 0 Å². The first-order valence-corrected chi connectivity index (χ1v) is 8.45. The van der Waals surface area contributed by atoms with Crippen LogP contribution in [0.4, 0.5) is 5.82 Å². The molecule has 2 aliphatic rings. The van der Waals surface area contributed by atoms with E-state index in [0.29, 0.717) is 0 Å². The summed E-state index contributed by atoms with van der Waals surface area (Å²) in [5.41, 5.74) is 3.55. The van der Waals surface area contributed by atoms with Gasteiger partial charge in [-0.3, -0.25) is 0 Å². The van der Waals surface area contributed by atoms with Crippen LogP contribution in [0.25, 0.3) is 16.5 Å². The zero-order valence-electron chi connectivity index (χ0n) is 13.9. The first-order chi connectivity index (χ1) is 11.8. The molecule has 0 atom stereocenters. The van der Waals surface area contributed by atoms with Crippen LogP contribution in [-0.4, -0.2) is 36.3 Å². The fraction of sp³-hybridized carbons (Fsp3) is 0.300. The number of rotatable bonds is 2. The van der Waals surface area contributed by atoms with Gasteiger partial charge in [-0.15, -0.1) is 0 Å². The summed E-state index contributed by atoms with van der Waals surface area (Å²) < 4.78 is 5.47. The highest BCUT2D eigenvalue weighted by atomic mass is 16.5. The topological polar surface area (TPSA) is 38.2 Å². The lowest BCUT2D eigenvalue weighted by atomic mass is 10.0. The molecule has 1 aromatic carbocycles. The van der Waals surface area contributed by atoms with Gasteiger partial charge in [0.05, 0.1) is 18.7 Å². The molecule has 122 valence electrons. The molecule has 4 heteroatoms. The molecule has 1 saturated heterocycles. The van der Waals surface area contributed by atoms with E-state index in [1.807, 2.05) is 6.92 Å². The average molecular weight is 319 g/mol. The Morgan fingerprint density at radius 3 is 2.79 bits per heavy atom. The third-order valence-electron chi connectivity index (χ3n) is 4.46. The maximum Gasteiger partial charge on any atom is 0.140 e. The van der Waals surface area contributed by atoms with Crippen molar-refractivity contribution < 1.29 is 4.74 Å². The van der Waals surface area contributed by atoms with Gasteiger partial charge < -0.3 is 9.64 Å². The maximum atomic E-state index is 5.47. The smallest absolute Gasteiger partial charge is 0.140 e. The number of ether oxygens (including phenoxy) is 1. The lowest BCUT2D eigenvalue weighted by molar-refractivity contribution is 0.122. The Morgan fingerprint density at radius 2 is 1.92 bits per heavy atom. The fourth-order valence-corrected chi connectivity index (χ4v) is 3.23. The van der Waals surface area contributed by atoms with E-state index in [9.17, 15) is 0 Å². The fourth-order valence-electron chi connectivity index (χ4n) is 3.23. The van der Waals surface area contributed by atoms with Crippen molar-refractivity contribution >= 4 is 22.3 Å². The highest BCUT2D eigenvalue weighted by molar-refractivity contribution is 5.92. The molecule has 4 nitrogen and oxygen atoms in total. The SMILES string of the molecule is Cc1nc(N2CCOCC2)c2ccc(C3=CC=CC=CC3)cc2n1. The van der Waals surface area contributed by atoms with Crippen molar-refractivity contribution in [1.82, 2.24) is 9.97 Å². The van der Waals surface area contributed by atoms with Crippen molar-refractivity contribution in [3.8, 4) is 0 Å². The third kappa shape index (κ3) is 2.97. The Labute approximate surface area is 142 Å². The minimum absolute atomic E-state index is 0.758. The van der Waals surface area contributed by atoms with Crippen molar-refractivity contribution in [1.29, 1.82) is 0 Å². The van der Waals surface area contributed by atoms with Crippen LogP contribution >= 0.6 is 0 Å². The van der Waals surface area contributed by atoms with Crippen molar-refractivity contribution in [2.45, 2.75) is 13.3 Å². The van der Waals surface area contributed by atoms with Crippen LogP contribution < -0.4 is 4.90 Å². The summed E-state index contributed by atoms with van der Waals surface area (Å²) in [6.07, 6.45) is 11.6. The number of allylic oxidation sites excluding steroid dienone is 6. The molecule has 1 aliphatic carbocycles. The molecule has 0 radical (unpaired) electrons. The molecule has 0 spiro atoms. The van der Waals surface area contributed by atoms with Gasteiger partial charge >= 0.3 is 0 Å². The van der Waals surface area contributed by atoms with Gasteiger partial charge in [-0.1, -0.05) is 36.4 Å². The van der Waals surface area contributed by atoms with Gasteiger partial charge in [0, 0.05) is 18.5 Å². The second-order valence-electron chi connectivity index (χ2n) is 6.13. The van der Waals surface area contributed by atoms with Gasteiger partial charge in [0.15, 0.2) is 0 Å². The summed E-state index contributed by atoms with van der Waals surface area (Å²) in [6, 6.07) is 6.53. The molecule has 2 heterocycles. The van der Waals surface area contributed by atoms with E-state index in [2.05, 4.69) is 58.5 Å². The third-order valence-corrected chi connectivity index (χ3v) is 4.46. The molecule has 0 N–H and O–H groups in total. The molecule has 0 bridgehead atoms. The van der Waals surface area contributed by atoms with Crippen LogP contribution in [0, 0.1) is 6.92 Å². The first kappa shape index (κ1) is 15.1. The predicted molar refractivity (Wildman–Crippen MR) is 98.2 cm³/mol. The van der Waals surface area contributed by atoms with Gasteiger partial charge in [-0.25, -0.2) is 9.97 Å². The second kappa shape index (κ2) is 6.57. The van der Waals surface area contributed by atoms with E-state index in [-0.39, 0.29) is 0 Å². The van der Waals surface area contributed by atoms with Gasteiger partial charge in [0.25, 0.3) is 0 Å². The number of anilines is 1. The summed E-state index contributed by atoms with van der Waals surface area (Å²) in [5.74, 6) is 1.85. The van der Waals surface area contributed by atoms with Gasteiger partial charge in [0.2, 0.25) is 0 Å². The van der Waals surface area contributed by atoms with Crippen LogP contribution in [0.15, 0.2) is 48.6 Å². The molecule has 1 aliphatic heterocycles. The average Bonchev–Trinajstić information content (AvgIpc) is 2.90. The zero-order valence-corrected chi connectivity index (χ0v) is 13.9. The second-order valence-corrected chi connectivity index (χ2v) is 6.13. The highest BCUT2D eigenvalue weighted by Gasteiger charge is 2.17. The van der Waals surface area contributed by atoms with Crippen molar-refractivity contribution in [2.75, 3.05) is 31.2 Å². The Bertz CT molecular complexity index is 845. The normalized spacial score (nSPS) is 17.9. The lowest BCUT2D eigenvalue weighted by Crippen LogP contribution is -2.37. The zero-order chi connectivity index (χ0) is 16.4. The van der Waals surface area contributed by atoms with E-state index >= 15 is 0 Å².